The highest BCUT2D eigenvalue weighted by Crippen LogP contribution is 2.28. The number of hydrogen-bond acceptors (Lipinski definition) is 3. The Morgan fingerprint density at radius 1 is 1.04 bits per heavy atom. The SMILES string of the molecule is COCC(O)COc1ccc(-c2cc3ccccc3n2C)cc1. The number of aliphatic hydroxyl groups excluding tert-OH is 1. The minimum Gasteiger partial charge on any atom is -0.491 e. The zero-order valence-corrected chi connectivity index (χ0v) is 13.4. The second kappa shape index (κ2) is 6.86. The summed E-state index contributed by atoms with van der Waals surface area (Å²) in [5.74, 6) is 0.739. The molecule has 0 aliphatic heterocycles. The predicted molar refractivity (Wildman–Crippen MR) is 91.7 cm³/mol. The molecule has 0 fully saturated rings. The van der Waals surface area contributed by atoms with Crippen LogP contribution in [0.3, 0.4) is 0 Å². The number of ether oxygens (including phenoxy) is 2. The maximum atomic E-state index is 9.61. The Hall–Kier alpha value is -2.30. The highest BCUT2D eigenvalue weighted by atomic mass is 16.5. The predicted octanol–water partition coefficient (Wildman–Crippen LogP) is 3.23. The first-order chi connectivity index (χ1) is 11.2. The zero-order valence-electron chi connectivity index (χ0n) is 13.4. The molecule has 1 aromatic heterocycles. The summed E-state index contributed by atoms with van der Waals surface area (Å²) in [6.45, 7) is 0.495. The molecule has 4 heteroatoms. The number of benzene rings is 2. The van der Waals surface area contributed by atoms with Crippen LogP contribution >= 0.6 is 0 Å². The second-order valence-electron chi connectivity index (χ2n) is 5.59. The van der Waals surface area contributed by atoms with Crippen molar-refractivity contribution in [3.05, 3.63) is 54.6 Å². The Morgan fingerprint density at radius 2 is 1.78 bits per heavy atom. The van der Waals surface area contributed by atoms with E-state index in [9.17, 15) is 5.11 Å². The summed E-state index contributed by atoms with van der Waals surface area (Å²) in [7, 11) is 3.63. The summed E-state index contributed by atoms with van der Waals surface area (Å²) in [6, 6.07) is 18.4. The van der Waals surface area contributed by atoms with E-state index in [0.29, 0.717) is 0 Å². The third-order valence-electron chi connectivity index (χ3n) is 3.90. The molecule has 0 bridgehead atoms. The lowest BCUT2D eigenvalue weighted by Crippen LogP contribution is -2.22. The monoisotopic (exact) mass is 311 g/mol. The quantitative estimate of drug-likeness (QED) is 0.760. The average molecular weight is 311 g/mol. The van der Waals surface area contributed by atoms with Gasteiger partial charge < -0.3 is 19.1 Å². The number of hydrogen-bond donors (Lipinski definition) is 1. The Balaban J connectivity index is 1.77. The molecular weight excluding hydrogens is 290 g/mol. The molecule has 23 heavy (non-hydrogen) atoms. The number of fused-ring (bicyclic) bond motifs is 1. The first-order valence-electron chi connectivity index (χ1n) is 7.63. The Bertz CT molecular complexity index is 777. The van der Waals surface area contributed by atoms with E-state index in [1.165, 1.54) is 10.9 Å². The summed E-state index contributed by atoms with van der Waals surface area (Å²) in [6.07, 6.45) is -0.613. The lowest BCUT2D eigenvalue weighted by molar-refractivity contribution is 0.0325. The molecule has 0 saturated carbocycles. The van der Waals surface area contributed by atoms with Gasteiger partial charge in [-0.25, -0.2) is 0 Å². The van der Waals surface area contributed by atoms with Crippen molar-refractivity contribution in [2.75, 3.05) is 20.3 Å². The van der Waals surface area contributed by atoms with E-state index >= 15 is 0 Å². The fourth-order valence-corrected chi connectivity index (χ4v) is 2.72. The number of methoxy groups -OCH3 is 1. The van der Waals surface area contributed by atoms with Gasteiger partial charge in [0, 0.05) is 30.8 Å². The largest absolute Gasteiger partial charge is 0.491 e. The van der Waals surface area contributed by atoms with Crippen LogP contribution in [0.15, 0.2) is 54.6 Å². The van der Waals surface area contributed by atoms with Gasteiger partial charge in [-0.05, 0) is 42.0 Å². The molecule has 3 rings (SSSR count). The van der Waals surface area contributed by atoms with Crippen LogP contribution in [0.5, 0.6) is 5.75 Å². The van der Waals surface area contributed by atoms with Crippen molar-refractivity contribution in [3.8, 4) is 17.0 Å². The summed E-state index contributed by atoms with van der Waals surface area (Å²) in [4.78, 5) is 0. The number of nitrogens with zero attached hydrogens (tertiary/aromatic N) is 1. The molecule has 1 heterocycles. The van der Waals surface area contributed by atoms with Crippen LogP contribution in [0.2, 0.25) is 0 Å². The first kappa shape index (κ1) is 15.6. The van der Waals surface area contributed by atoms with Crippen LogP contribution in [-0.2, 0) is 11.8 Å². The van der Waals surface area contributed by atoms with Crippen molar-refractivity contribution in [1.82, 2.24) is 4.57 Å². The standard InChI is InChI=1S/C19H21NO3/c1-20-18-6-4-3-5-15(18)11-19(20)14-7-9-17(10-8-14)23-13-16(21)12-22-2/h3-11,16,21H,12-13H2,1-2H3. The van der Waals surface area contributed by atoms with Crippen LogP contribution < -0.4 is 4.74 Å². The summed E-state index contributed by atoms with van der Waals surface area (Å²) < 4.78 is 12.6. The number of aryl methyl sites for hydroxylation is 1. The van der Waals surface area contributed by atoms with Gasteiger partial charge in [0.25, 0.3) is 0 Å². The maximum Gasteiger partial charge on any atom is 0.119 e. The molecule has 120 valence electrons. The van der Waals surface area contributed by atoms with E-state index in [2.05, 4.69) is 29.8 Å². The molecular formula is C19H21NO3. The number of para-hydroxylation sites is 1. The highest BCUT2D eigenvalue weighted by molar-refractivity contribution is 5.86. The topological polar surface area (TPSA) is 43.6 Å². The fourth-order valence-electron chi connectivity index (χ4n) is 2.72. The molecule has 0 saturated heterocycles. The van der Waals surface area contributed by atoms with Crippen LogP contribution in [0.25, 0.3) is 22.2 Å². The molecule has 4 nitrogen and oxygen atoms in total. The molecule has 1 atom stereocenters. The van der Waals surface area contributed by atoms with Gasteiger partial charge in [0.2, 0.25) is 0 Å². The van der Waals surface area contributed by atoms with E-state index < -0.39 is 6.10 Å². The first-order valence-corrected chi connectivity index (χ1v) is 7.63. The van der Waals surface area contributed by atoms with Crippen molar-refractivity contribution >= 4 is 10.9 Å². The minimum atomic E-state index is -0.613. The number of aliphatic hydroxyl groups is 1. The van der Waals surface area contributed by atoms with E-state index in [1.807, 2.05) is 36.4 Å². The summed E-state index contributed by atoms with van der Waals surface area (Å²) >= 11 is 0. The van der Waals surface area contributed by atoms with E-state index in [-0.39, 0.29) is 13.2 Å². The summed E-state index contributed by atoms with van der Waals surface area (Å²) in [5, 5.41) is 10.8. The van der Waals surface area contributed by atoms with Crippen LogP contribution in [0, 0.1) is 0 Å². The van der Waals surface area contributed by atoms with Crippen molar-refractivity contribution < 1.29 is 14.6 Å². The zero-order chi connectivity index (χ0) is 16.2. The second-order valence-corrected chi connectivity index (χ2v) is 5.59. The van der Waals surface area contributed by atoms with Gasteiger partial charge in [0.05, 0.1) is 6.61 Å². The molecule has 1 N–H and O–H groups in total. The molecule has 0 radical (unpaired) electrons. The Labute approximate surface area is 135 Å². The van der Waals surface area contributed by atoms with Crippen molar-refractivity contribution in [1.29, 1.82) is 0 Å². The molecule has 3 aromatic rings. The molecule has 0 amide bonds. The van der Waals surface area contributed by atoms with Crippen molar-refractivity contribution in [2.24, 2.45) is 7.05 Å². The van der Waals surface area contributed by atoms with Gasteiger partial charge in [0.1, 0.15) is 18.5 Å². The Morgan fingerprint density at radius 3 is 2.48 bits per heavy atom. The van der Waals surface area contributed by atoms with Gasteiger partial charge in [-0.3, -0.25) is 0 Å². The molecule has 0 aliphatic carbocycles. The van der Waals surface area contributed by atoms with Gasteiger partial charge in [-0.15, -0.1) is 0 Å². The lowest BCUT2D eigenvalue weighted by Gasteiger charge is -2.12. The number of rotatable bonds is 6. The third kappa shape index (κ3) is 3.38. The molecule has 0 aliphatic rings. The third-order valence-corrected chi connectivity index (χ3v) is 3.90. The summed E-state index contributed by atoms with van der Waals surface area (Å²) in [5.41, 5.74) is 3.51. The van der Waals surface area contributed by atoms with Crippen LogP contribution in [0.4, 0.5) is 0 Å². The Kier molecular flexibility index (Phi) is 4.65. The highest BCUT2D eigenvalue weighted by Gasteiger charge is 2.08. The van der Waals surface area contributed by atoms with Crippen LogP contribution in [-0.4, -0.2) is 36.1 Å². The number of aromatic nitrogens is 1. The van der Waals surface area contributed by atoms with Gasteiger partial charge in [-0.2, -0.15) is 0 Å². The van der Waals surface area contributed by atoms with E-state index in [1.54, 1.807) is 7.11 Å². The van der Waals surface area contributed by atoms with Crippen molar-refractivity contribution in [2.45, 2.75) is 6.10 Å². The minimum absolute atomic E-state index is 0.223. The molecule has 2 aromatic carbocycles. The maximum absolute atomic E-state index is 9.61. The van der Waals surface area contributed by atoms with E-state index in [0.717, 1.165) is 17.0 Å². The van der Waals surface area contributed by atoms with Gasteiger partial charge >= 0.3 is 0 Å². The van der Waals surface area contributed by atoms with Gasteiger partial charge in [-0.1, -0.05) is 18.2 Å². The lowest BCUT2D eigenvalue weighted by atomic mass is 10.1. The molecule has 0 spiro atoms. The average Bonchev–Trinajstić information content (AvgIpc) is 2.91. The van der Waals surface area contributed by atoms with Gasteiger partial charge in [0.15, 0.2) is 0 Å². The smallest absolute Gasteiger partial charge is 0.119 e. The fraction of sp³-hybridized carbons (Fsp3) is 0.263. The molecule has 1 unspecified atom stereocenters. The van der Waals surface area contributed by atoms with Crippen molar-refractivity contribution in [3.63, 3.8) is 0 Å². The van der Waals surface area contributed by atoms with Crippen LogP contribution in [0.1, 0.15) is 0 Å². The van der Waals surface area contributed by atoms with E-state index in [4.69, 9.17) is 9.47 Å². The normalized spacial score (nSPS) is 12.5.